The summed E-state index contributed by atoms with van der Waals surface area (Å²) in [6, 6.07) is 15.7. The summed E-state index contributed by atoms with van der Waals surface area (Å²) in [5.41, 5.74) is 3.75. The molecule has 8 heteroatoms. The number of methoxy groups -OCH3 is 1. The van der Waals surface area contributed by atoms with E-state index in [0.29, 0.717) is 34.7 Å². The molecule has 0 aliphatic carbocycles. The first-order chi connectivity index (χ1) is 17.9. The lowest BCUT2D eigenvalue weighted by molar-refractivity contribution is 0.0589. The molecule has 3 aromatic heterocycles. The molecule has 4 aromatic rings. The van der Waals surface area contributed by atoms with Crippen LogP contribution in [-0.2, 0) is 11.3 Å². The molecule has 1 atom stereocenters. The predicted molar refractivity (Wildman–Crippen MR) is 146 cm³/mol. The molecular weight excluding hydrogens is 466 g/mol. The van der Waals surface area contributed by atoms with Gasteiger partial charge in [0, 0.05) is 30.9 Å². The Bertz CT molecular complexity index is 1370. The van der Waals surface area contributed by atoms with Gasteiger partial charge >= 0.3 is 5.97 Å². The largest absolute Gasteiger partial charge is 0.464 e. The van der Waals surface area contributed by atoms with Crippen LogP contribution >= 0.6 is 0 Å². The number of rotatable bonds is 10. The van der Waals surface area contributed by atoms with Gasteiger partial charge in [-0.25, -0.2) is 9.78 Å². The third kappa shape index (κ3) is 5.97. The lowest BCUT2D eigenvalue weighted by Gasteiger charge is -2.13. The smallest absolute Gasteiger partial charge is 0.356 e. The van der Waals surface area contributed by atoms with Crippen LogP contribution in [0.5, 0.6) is 0 Å². The summed E-state index contributed by atoms with van der Waals surface area (Å²) in [6.45, 7) is 7.61. The highest BCUT2D eigenvalue weighted by Gasteiger charge is 2.27. The molecule has 1 amide bonds. The SMILES string of the molecule is COC(=O)c1c(NC(=O)c2cccnc2)c2cc(NCCC(C)c3ccccc3)cnc2n1CC(C)C. The van der Waals surface area contributed by atoms with E-state index < -0.39 is 5.97 Å². The van der Waals surface area contributed by atoms with Gasteiger partial charge in [-0.05, 0) is 42.0 Å². The number of ether oxygens (including phenoxy) is 1. The van der Waals surface area contributed by atoms with E-state index in [1.807, 2.05) is 16.7 Å². The summed E-state index contributed by atoms with van der Waals surface area (Å²) in [5.74, 6) is -0.263. The van der Waals surface area contributed by atoms with Gasteiger partial charge in [0.05, 0.1) is 30.2 Å². The number of hydrogen-bond acceptors (Lipinski definition) is 6. The van der Waals surface area contributed by atoms with Gasteiger partial charge in [-0.2, -0.15) is 0 Å². The Morgan fingerprint density at radius 2 is 1.84 bits per heavy atom. The van der Waals surface area contributed by atoms with Gasteiger partial charge < -0.3 is 19.9 Å². The molecule has 0 bridgehead atoms. The topological polar surface area (TPSA) is 98.1 Å². The van der Waals surface area contributed by atoms with Gasteiger partial charge in [-0.3, -0.25) is 9.78 Å². The van der Waals surface area contributed by atoms with Crippen LogP contribution in [0.1, 0.15) is 59.5 Å². The lowest BCUT2D eigenvalue weighted by Crippen LogP contribution is -2.18. The minimum absolute atomic E-state index is 0.236. The van der Waals surface area contributed by atoms with Crippen molar-refractivity contribution in [3.63, 3.8) is 0 Å². The van der Waals surface area contributed by atoms with E-state index in [1.165, 1.54) is 18.9 Å². The molecule has 3 heterocycles. The van der Waals surface area contributed by atoms with E-state index in [4.69, 9.17) is 9.72 Å². The summed E-state index contributed by atoms with van der Waals surface area (Å²) in [4.78, 5) is 34.7. The summed E-state index contributed by atoms with van der Waals surface area (Å²) >= 11 is 0. The maximum atomic E-state index is 13.1. The molecular formula is C29H33N5O3. The quantitative estimate of drug-likeness (QED) is 0.270. The molecule has 4 rings (SSSR count). The zero-order valence-electron chi connectivity index (χ0n) is 21.7. The highest BCUT2D eigenvalue weighted by atomic mass is 16.5. The van der Waals surface area contributed by atoms with Crippen LogP contribution < -0.4 is 10.6 Å². The van der Waals surface area contributed by atoms with E-state index in [0.717, 1.165) is 18.7 Å². The van der Waals surface area contributed by atoms with Gasteiger partial charge in [-0.1, -0.05) is 51.1 Å². The first-order valence-electron chi connectivity index (χ1n) is 12.5. The molecule has 192 valence electrons. The fourth-order valence-electron chi connectivity index (χ4n) is 4.36. The zero-order valence-corrected chi connectivity index (χ0v) is 21.7. The normalized spacial score (nSPS) is 11.9. The molecule has 37 heavy (non-hydrogen) atoms. The van der Waals surface area contributed by atoms with Crippen LogP contribution in [0.2, 0.25) is 0 Å². The van der Waals surface area contributed by atoms with Gasteiger partial charge in [0.25, 0.3) is 5.91 Å². The minimum Gasteiger partial charge on any atom is -0.464 e. The van der Waals surface area contributed by atoms with Gasteiger partial charge in [-0.15, -0.1) is 0 Å². The average molecular weight is 500 g/mol. The van der Waals surface area contributed by atoms with E-state index >= 15 is 0 Å². The van der Waals surface area contributed by atoms with E-state index in [9.17, 15) is 9.59 Å². The molecule has 0 saturated heterocycles. The summed E-state index contributed by atoms with van der Waals surface area (Å²) in [7, 11) is 1.33. The van der Waals surface area contributed by atoms with E-state index in [-0.39, 0.29) is 17.5 Å². The Morgan fingerprint density at radius 3 is 2.51 bits per heavy atom. The van der Waals surface area contributed by atoms with Crippen LogP contribution in [0.3, 0.4) is 0 Å². The molecule has 8 nitrogen and oxygen atoms in total. The molecule has 0 aliphatic rings. The van der Waals surface area contributed by atoms with Crippen molar-refractivity contribution >= 4 is 34.3 Å². The second kappa shape index (κ2) is 11.7. The predicted octanol–water partition coefficient (Wildman–Crippen LogP) is 5.73. The Labute approximate surface area is 217 Å². The Balaban J connectivity index is 1.68. The number of nitrogens with zero attached hydrogens (tertiary/aromatic N) is 3. The van der Waals surface area contributed by atoms with Crippen LogP contribution in [0, 0.1) is 5.92 Å². The number of esters is 1. The first kappa shape index (κ1) is 25.9. The van der Waals surface area contributed by atoms with Crippen LogP contribution in [0.25, 0.3) is 11.0 Å². The number of fused-ring (bicyclic) bond motifs is 1. The molecule has 0 aliphatic heterocycles. The number of amides is 1. The molecule has 1 unspecified atom stereocenters. The molecule has 0 saturated carbocycles. The third-order valence-corrected chi connectivity index (χ3v) is 6.26. The van der Waals surface area contributed by atoms with Crippen molar-refractivity contribution in [1.82, 2.24) is 14.5 Å². The number of aromatic nitrogens is 3. The average Bonchev–Trinajstić information content (AvgIpc) is 3.20. The fourth-order valence-corrected chi connectivity index (χ4v) is 4.36. The lowest BCUT2D eigenvalue weighted by atomic mass is 9.98. The van der Waals surface area contributed by atoms with Crippen molar-refractivity contribution in [1.29, 1.82) is 0 Å². The van der Waals surface area contributed by atoms with E-state index in [2.05, 4.69) is 60.7 Å². The van der Waals surface area contributed by atoms with Gasteiger partial charge in [0.2, 0.25) is 0 Å². The maximum Gasteiger partial charge on any atom is 0.356 e. The van der Waals surface area contributed by atoms with Gasteiger partial charge in [0.15, 0.2) is 5.69 Å². The van der Waals surface area contributed by atoms with Gasteiger partial charge in [0.1, 0.15) is 5.65 Å². The number of benzene rings is 1. The Morgan fingerprint density at radius 1 is 1.05 bits per heavy atom. The van der Waals surface area contributed by atoms with Crippen LogP contribution in [-0.4, -0.2) is 40.1 Å². The number of nitrogens with one attached hydrogen (secondary N) is 2. The standard InChI is InChI=1S/C29H33N5O3/c1-19(2)18-34-26(29(36)37-4)25(33-28(35)22-11-8-13-30-16-22)24-15-23(17-32-27(24)34)31-14-12-20(3)21-9-6-5-7-10-21/h5-11,13,15-17,19-20,31H,12,14,18H2,1-4H3,(H,33,35). The summed E-state index contributed by atoms with van der Waals surface area (Å²) in [5, 5.41) is 7.05. The molecule has 1 aromatic carbocycles. The van der Waals surface area contributed by atoms with Crippen molar-refractivity contribution in [2.45, 2.75) is 39.7 Å². The summed E-state index contributed by atoms with van der Waals surface area (Å²) in [6.07, 6.45) is 5.79. The van der Waals surface area contributed by atoms with Crippen molar-refractivity contribution < 1.29 is 14.3 Å². The second-order valence-electron chi connectivity index (χ2n) is 9.54. The van der Waals surface area contributed by atoms with Crippen molar-refractivity contribution in [2.24, 2.45) is 5.92 Å². The first-order valence-corrected chi connectivity index (χ1v) is 12.5. The highest BCUT2D eigenvalue weighted by molar-refractivity contribution is 6.14. The van der Waals surface area contributed by atoms with Crippen LogP contribution in [0.15, 0.2) is 67.1 Å². The molecule has 0 spiro atoms. The van der Waals surface area contributed by atoms with Crippen molar-refractivity contribution in [3.05, 3.63) is 83.9 Å². The van der Waals surface area contributed by atoms with Crippen molar-refractivity contribution in [3.8, 4) is 0 Å². The minimum atomic E-state index is -0.536. The van der Waals surface area contributed by atoms with Crippen LogP contribution in [0.4, 0.5) is 11.4 Å². The number of pyridine rings is 2. The molecule has 0 radical (unpaired) electrons. The fraction of sp³-hybridized carbons (Fsp3) is 0.310. The number of hydrogen-bond donors (Lipinski definition) is 2. The van der Waals surface area contributed by atoms with E-state index in [1.54, 1.807) is 24.5 Å². The van der Waals surface area contributed by atoms with Crippen molar-refractivity contribution in [2.75, 3.05) is 24.3 Å². The Kier molecular flexibility index (Phi) is 8.18. The summed E-state index contributed by atoms with van der Waals surface area (Å²) < 4.78 is 6.94. The number of carbonyl (C=O) groups excluding carboxylic acids is 2. The second-order valence-corrected chi connectivity index (χ2v) is 9.54. The zero-order chi connectivity index (χ0) is 26.4. The highest BCUT2D eigenvalue weighted by Crippen LogP contribution is 2.34. The molecule has 0 fully saturated rings. The number of carbonyl (C=O) groups is 2. The maximum absolute atomic E-state index is 13.1. The Hall–Kier alpha value is -4.20. The molecule has 2 N–H and O–H groups in total. The monoisotopic (exact) mass is 499 g/mol. The number of anilines is 2. The third-order valence-electron chi connectivity index (χ3n) is 6.26.